The number of aliphatic hydroxyl groups excluding tert-OH is 1. The van der Waals surface area contributed by atoms with Crippen LogP contribution < -0.4 is 5.32 Å². The molecule has 2 heterocycles. The van der Waals surface area contributed by atoms with E-state index in [1.807, 2.05) is 17.5 Å². The van der Waals surface area contributed by atoms with E-state index >= 15 is 0 Å². The molecule has 0 aromatic carbocycles. The molecular formula is C13H22N2O2S. The zero-order chi connectivity index (χ0) is 12.8. The first-order chi connectivity index (χ1) is 8.79. The second-order valence-electron chi connectivity index (χ2n) is 4.58. The largest absolute Gasteiger partial charge is 0.386 e. The van der Waals surface area contributed by atoms with Gasteiger partial charge in [0.05, 0.1) is 12.7 Å². The summed E-state index contributed by atoms with van der Waals surface area (Å²) in [6.45, 7) is 7.48. The van der Waals surface area contributed by atoms with E-state index in [9.17, 15) is 5.11 Å². The second kappa shape index (κ2) is 7.21. The first-order valence-electron chi connectivity index (χ1n) is 6.55. The predicted octanol–water partition coefficient (Wildman–Crippen LogP) is 1.09. The second-order valence-corrected chi connectivity index (χ2v) is 5.55. The van der Waals surface area contributed by atoms with Crippen molar-refractivity contribution in [2.75, 3.05) is 39.3 Å². The zero-order valence-corrected chi connectivity index (χ0v) is 11.7. The molecule has 1 aromatic heterocycles. The van der Waals surface area contributed by atoms with Crippen LogP contribution in [0.3, 0.4) is 0 Å². The van der Waals surface area contributed by atoms with E-state index in [1.165, 1.54) is 0 Å². The minimum Gasteiger partial charge on any atom is -0.386 e. The van der Waals surface area contributed by atoms with Gasteiger partial charge >= 0.3 is 0 Å². The fourth-order valence-corrected chi connectivity index (χ4v) is 2.87. The van der Waals surface area contributed by atoms with Crippen molar-refractivity contribution >= 4 is 11.3 Å². The topological polar surface area (TPSA) is 44.7 Å². The Bertz CT molecular complexity index is 332. The summed E-state index contributed by atoms with van der Waals surface area (Å²) in [5.74, 6) is 0. The lowest BCUT2D eigenvalue weighted by Gasteiger charge is -2.32. The molecule has 2 rings (SSSR count). The summed E-state index contributed by atoms with van der Waals surface area (Å²) in [4.78, 5) is 3.41. The number of hydrogen-bond donors (Lipinski definition) is 2. The summed E-state index contributed by atoms with van der Waals surface area (Å²) in [7, 11) is 0. The van der Waals surface area contributed by atoms with Crippen molar-refractivity contribution in [3.8, 4) is 0 Å². The van der Waals surface area contributed by atoms with E-state index in [1.54, 1.807) is 11.3 Å². The minimum atomic E-state index is -0.407. The van der Waals surface area contributed by atoms with Gasteiger partial charge in [-0.15, -0.1) is 11.3 Å². The Kier molecular flexibility index (Phi) is 5.59. The average molecular weight is 270 g/mol. The van der Waals surface area contributed by atoms with Crippen LogP contribution in [0.2, 0.25) is 0 Å². The van der Waals surface area contributed by atoms with Gasteiger partial charge in [-0.25, -0.2) is 0 Å². The lowest BCUT2D eigenvalue weighted by atomic mass is 10.2. The van der Waals surface area contributed by atoms with Crippen molar-refractivity contribution in [3.05, 3.63) is 22.4 Å². The van der Waals surface area contributed by atoms with Crippen molar-refractivity contribution in [3.63, 3.8) is 0 Å². The van der Waals surface area contributed by atoms with Crippen LogP contribution in [0.1, 0.15) is 17.9 Å². The van der Waals surface area contributed by atoms with Crippen molar-refractivity contribution in [1.29, 1.82) is 0 Å². The van der Waals surface area contributed by atoms with Gasteiger partial charge in [-0.3, -0.25) is 4.90 Å². The van der Waals surface area contributed by atoms with Crippen LogP contribution >= 0.6 is 11.3 Å². The Labute approximate surface area is 113 Å². The van der Waals surface area contributed by atoms with Crippen LogP contribution in [0.5, 0.6) is 0 Å². The van der Waals surface area contributed by atoms with Gasteiger partial charge in [-0.05, 0) is 18.0 Å². The van der Waals surface area contributed by atoms with Gasteiger partial charge in [0, 0.05) is 31.1 Å². The maximum absolute atomic E-state index is 9.93. The summed E-state index contributed by atoms with van der Waals surface area (Å²) in [5, 5.41) is 15.2. The molecule has 0 spiro atoms. The van der Waals surface area contributed by atoms with Crippen LogP contribution in [0, 0.1) is 0 Å². The molecule has 5 heteroatoms. The van der Waals surface area contributed by atoms with Gasteiger partial charge in [0.1, 0.15) is 6.10 Å². The number of nitrogens with zero attached hydrogens (tertiary/aromatic N) is 1. The van der Waals surface area contributed by atoms with Crippen LogP contribution in [0.25, 0.3) is 0 Å². The van der Waals surface area contributed by atoms with E-state index in [0.29, 0.717) is 6.54 Å². The number of ether oxygens (including phenoxy) is 1. The Hall–Kier alpha value is -0.460. The molecule has 1 saturated heterocycles. The molecule has 0 bridgehead atoms. The maximum Gasteiger partial charge on any atom is 0.101 e. The Balaban J connectivity index is 1.66. The monoisotopic (exact) mass is 270 g/mol. The number of nitrogens with one attached hydrogen (secondary N) is 1. The summed E-state index contributed by atoms with van der Waals surface area (Å²) in [6.07, 6.45) is -0.162. The molecule has 0 radical (unpaired) electrons. The molecular weight excluding hydrogens is 248 g/mol. The van der Waals surface area contributed by atoms with Gasteiger partial charge in [0.15, 0.2) is 0 Å². The molecule has 2 atom stereocenters. The smallest absolute Gasteiger partial charge is 0.101 e. The summed E-state index contributed by atoms with van der Waals surface area (Å²) in [6, 6.07) is 3.93. The van der Waals surface area contributed by atoms with Crippen LogP contribution in [0.15, 0.2) is 17.5 Å². The van der Waals surface area contributed by atoms with Gasteiger partial charge in [-0.1, -0.05) is 13.0 Å². The lowest BCUT2D eigenvalue weighted by Crippen LogP contribution is -2.46. The normalized spacial score (nSPS) is 23.1. The molecule has 1 aliphatic heterocycles. The number of aliphatic hydroxyl groups is 1. The molecule has 1 aliphatic rings. The molecule has 2 N–H and O–H groups in total. The fraction of sp³-hybridized carbons (Fsp3) is 0.692. The first-order valence-corrected chi connectivity index (χ1v) is 7.43. The first kappa shape index (κ1) is 14.0. The summed E-state index contributed by atoms with van der Waals surface area (Å²) in [5.41, 5.74) is 0. The van der Waals surface area contributed by atoms with Gasteiger partial charge < -0.3 is 15.2 Å². The third-order valence-electron chi connectivity index (χ3n) is 3.25. The van der Waals surface area contributed by atoms with Gasteiger partial charge in [0.2, 0.25) is 0 Å². The van der Waals surface area contributed by atoms with Gasteiger partial charge in [-0.2, -0.15) is 0 Å². The zero-order valence-electron chi connectivity index (χ0n) is 10.8. The van der Waals surface area contributed by atoms with E-state index in [4.69, 9.17) is 4.74 Å². The van der Waals surface area contributed by atoms with Crippen molar-refractivity contribution in [2.45, 2.75) is 19.1 Å². The third kappa shape index (κ3) is 4.03. The average Bonchev–Trinajstić information content (AvgIpc) is 2.93. The van der Waals surface area contributed by atoms with E-state index in [2.05, 4.69) is 17.1 Å². The molecule has 102 valence electrons. The highest BCUT2D eigenvalue weighted by atomic mass is 32.1. The molecule has 2 unspecified atom stereocenters. The SMILES string of the molecule is CCN1CCOC(CNCC(O)c2cccs2)C1. The van der Waals surface area contributed by atoms with Crippen molar-refractivity contribution in [1.82, 2.24) is 10.2 Å². The van der Waals surface area contributed by atoms with Crippen LogP contribution in [-0.4, -0.2) is 55.4 Å². The molecule has 1 fully saturated rings. The van der Waals surface area contributed by atoms with E-state index in [-0.39, 0.29) is 6.10 Å². The van der Waals surface area contributed by atoms with E-state index in [0.717, 1.165) is 37.7 Å². The Morgan fingerprint density at radius 2 is 2.56 bits per heavy atom. The predicted molar refractivity (Wildman–Crippen MR) is 74.0 cm³/mol. The number of thiophene rings is 1. The number of hydrogen-bond acceptors (Lipinski definition) is 5. The Morgan fingerprint density at radius 1 is 1.67 bits per heavy atom. The number of rotatable bonds is 6. The molecule has 0 saturated carbocycles. The molecule has 0 aliphatic carbocycles. The highest BCUT2D eigenvalue weighted by Crippen LogP contribution is 2.17. The van der Waals surface area contributed by atoms with Gasteiger partial charge in [0.25, 0.3) is 0 Å². The lowest BCUT2D eigenvalue weighted by molar-refractivity contribution is -0.0261. The standard InChI is InChI=1S/C13H22N2O2S/c1-2-15-5-6-17-11(10-15)8-14-9-12(16)13-4-3-7-18-13/h3-4,7,11-12,14,16H,2,5-6,8-10H2,1H3. The summed E-state index contributed by atoms with van der Waals surface area (Å²) < 4.78 is 5.70. The van der Waals surface area contributed by atoms with Crippen molar-refractivity contribution in [2.24, 2.45) is 0 Å². The maximum atomic E-state index is 9.93. The minimum absolute atomic E-state index is 0.245. The molecule has 0 amide bonds. The number of morpholine rings is 1. The molecule has 18 heavy (non-hydrogen) atoms. The third-order valence-corrected chi connectivity index (χ3v) is 4.22. The highest BCUT2D eigenvalue weighted by molar-refractivity contribution is 7.10. The van der Waals surface area contributed by atoms with Crippen molar-refractivity contribution < 1.29 is 9.84 Å². The van der Waals surface area contributed by atoms with Crippen LogP contribution in [-0.2, 0) is 4.74 Å². The highest BCUT2D eigenvalue weighted by Gasteiger charge is 2.19. The number of likely N-dealkylation sites (N-methyl/N-ethyl adjacent to an activating group) is 1. The fourth-order valence-electron chi connectivity index (χ4n) is 2.15. The van der Waals surface area contributed by atoms with Crippen LogP contribution in [0.4, 0.5) is 0 Å². The summed E-state index contributed by atoms with van der Waals surface area (Å²) >= 11 is 1.59. The van der Waals surface area contributed by atoms with E-state index < -0.39 is 6.10 Å². The molecule has 4 nitrogen and oxygen atoms in total. The quantitative estimate of drug-likeness (QED) is 0.812. The Morgan fingerprint density at radius 3 is 3.28 bits per heavy atom. The molecule has 1 aromatic rings.